The highest BCUT2D eigenvalue weighted by Gasteiger charge is 2.16. The second kappa shape index (κ2) is 17.7. The molecule has 6 N–H and O–H groups in total. The topological polar surface area (TPSA) is 169 Å². The molecule has 2 aromatic carbocycles. The van der Waals surface area contributed by atoms with Crippen molar-refractivity contribution in [3.05, 3.63) is 48.5 Å². The number of thiocarbonyl (C=S) groups is 1. The molecule has 41 heavy (non-hydrogen) atoms. The highest BCUT2D eigenvalue weighted by Crippen LogP contribution is 2.20. The molecule has 0 aromatic heterocycles. The van der Waals surface area contributed by atoms with E-state index < -0.39 is 21.8 Å². The quantitative estimate of drug-likeness (QED) is 0.0728. The molecule has 3 amide bonds. The summed E-state index contributed by atoms with van der Waals surface area (Å²) >= 11 is 8.04. The Kier molecular flexibility index (Phi) is 14.7. The summed E-state index contributed by atoms with van der Waals surface area (Å²) in [5, 5.41) is 13.9. The van der Waals surface area contributed by atoms with Crippen LogP contribution in [0.5, 0.6) is 0 Å². The van der Waals surface area contributed by atoms with E-state index in [0.717, 1.165) is 13.1 Å². The van der Waals surface area contributed by atoms with Crippen molar-refractivity contribution in [1.29, 1.82) is 0 Å². The average Bonchev–Trinajstić information content (AvgIpc) is 2.96. The molecule has 0 saturated heterocycles. The molecular weight excluding hydrogens is 609 g/mol. The number of aliphatic hydroxyl groups is 1. The number of carbonyl (C=O) groups excluding carboxylic acids is 3. The molecule has 0 aliphatic heterocycles. The first kappa shape index (κ1) is 34.2. The number of amides is 3. The fourth-order valence-corrected chi connectivity index (χ4v) is 5.96. The summed E-state index contributed by atoms with van der Waals surface area (Å²) in [4.78, 5) is 37.9. The van der Waals surface area contributed by atoms with Gasteiger partial charge >= 0.3 is 11.8 Å². The fraction of sp³-hybridized carbons (Fsp3) is 0.360. The van der Waals surface area contributed by atoms with E-state index in [1.807, 2.05) is 18.7 Å². The van der Waals surface area contributed by atoms with Gasteiger partial charge in [-0.25, -0.2) is 8.42 Å². The lowest BCUT2D eigenvalue weighted by Gasteiger charge is -2.20. The van der Waals surface area contributed by atoms with Crippen molar-refractivity contribution in [1.82, 2.24) is 15.6 Å². The highest BCUT2D eigenvalue weighted by atomic mass is 32.2. The number of aliphatic hydroxyl groups excluding tert-OH is 1. The molecule has 0 atom stereocenters. The molecule has 0 aliphatic rings. The molecule has 0 unspecified atom stereocenters. The van der Waals surface area contributed by atoms with E-state index in [4.69, 9.17) is 17.3 Å². The largest absolute Gasteiger partial charge is 0.396 e. The Morgan fingerprint density at radius 2 is 1.51 bits per heavy atom. The first-order chi connectivity index (χ1) is 19.6. The van der Waals surface area contributed by atoms with Crippen LogP contribution in [0.25, 0.3) is 0 Å². The third-order valence-corrected chi connectivity index (χ3v) is 9.11. The highest BCUT2D eigenvalue weighted by molar-refractivity contribution is 8.23. The number of rotatable bonds is 15. The molecule has 0 radical (unpaired) electrons. The molecule has 0 saturated carbocycles. The molecule has 0 spiro atoms. The Morgan fingerprint density at radius 1 is 0.902 bits per heavy atom. The summed E-state index contributed by atoms with van der Waals surface area (Å²) in [6, 6.07) is 11.8. The summed E-state index contributed by atoms with van der Waals surface area (Å²) in [7, 11) is -3.91. The van der Waals surface area contributed by atoms with Gasteiger partial charge in [-0.15, -0.1) is 0 Å². The van der Waals surface area contributed by atoms with Gasteiger partial charge in [0.2, 0.25) is 5.91 Å². The van der Waals surface area contributed by atoms with Gasteiger partial charge in [-0.1, -0.05) is 24.0 Å². The lowest BCUT2D eigenvalue weighted by Crippen LogP contribution is -2.43. The van der Waals surface area contributed by atoms with Gasteiger partial charge in [0, 0.05) is 42.5 Å². The molecule has 2 rings (SSSR count). The zero-order valence-corrected chi connectivity index (χ0v) is 25.9. The van der Waals surface area contributed by atoms with Crippen molar-refractivity contribution in [3.8, 4) is 0 Å². The van der Waals surface area contributed by atoms with Crippen LogP contribution in [0.1, 0.15) is 13.8 Å². The second-order valence-electron chi connectivity index (χ2n) is 8.15. The first-order valence-electron chi connectivity index (χ1n) is 12.6. The molecule has 0 bridgehead atoms. The van der Waals surface area contributed by atoms with E-state index in [0.29, 0.717) is 27.2 Å². The standard InChI is InChI=1S/C25H34N6O6S4/c1-3-31(4-2)25(38)40-17-22(33)27-18-9-11-21(12-10-18)41(36,37)30-20-7-5-19(6-8-20)28-29-24(35)23(34)26-13-15-39-16-14-32/h5-12,28,30,32H,3-4,13-17H2,1-2H3,(H,26,34)(H,27,33)(H,29,35). The minimum Gasteiger partial charge on any atom is -0.396 e. The number of hydrogen-bond donors (Lipinski definition) is 6. The van der Waals surface area contributed by atoms with Gasteiger partial charge in [-0.3, -0.25) is 30.0 Å². The van der Waals surface area contributed by atoms with Gasteiger partial charge in [0.25, 0.3) is 10.0 Å². The smallest absolute Gasteiger partial charge is 0.327 e. The monoisotopic (exact) mass is 642 g/mol. The molecule has 0 aliphatic carbocycles. The third-order valence-electron chi connectivity index (χ3n) is 5.23. The van der Waals surface area contributed by atoms with Crippen LogP contribution in [0.2, 0.25) is 0 Å². The summed E-state index contributed by atoms with van der Waals surface area (Å²) in [5.74, 6) is -0.688. The van der Waals surface area contributed by atoms with Crippen LogP contribution >= 0.6 is 35.7 Å². The lowest BCUT2D eigenvalue weighted by atomic mass is 10.3. The minimum absolute atomic E-state index is 0.00261. The number of nitrogens with zero attached hydrogens (tertiary/aromatic N) is 1. The Morgan fingerprint density at radius 3 is 2.12 bits per heavy atom. The number of thioether (sulfide) groups is 2. The van der Waals surface area contributed by atoms with Gasteiger partial charge in [-0.05, 0) is 62.4 Å². The second-order valence-corrected chi connectivity index (χ2v) is 12.7. The maximum absolute atomic E-state index is 12.8. The van der Waals surface area contributed by atoms with Gasteiger partial charge in [0.05, 0.1) is 22.9 Å². The molecule has 0 heterocycles. The van der Waals surface area contributed by atoms with Gasteiger partial charge in [-0.2, -0.15) is 11.8 Å². The van der Waals surface area contributed by atoms with Crippen molar-refractivity contribution < 1.29 is 27.9 Å². The van der Waals surface area contributed by atoms with Crippen LogP contribution < -0.4 is 26.2 Å². The molecule has 12 nitrogen and oxygen atoms in total. The van der Waals surface area contributed by atoms with E-state index in [2.05, 4.69) is 26.2 Å². The van der Waals surface area contributed by atoms with Crippen molar-refractivity contribution in [2.75, 3.05) is 59.0 Å². The summed E-state index contributed by atoms with van der Waals surface area (Å²) in [5.41, 5.74) is 6.00. The third kappa shape index (κ3) is 12.1. The molecule has 0 fully saturated rings. The minimum atomic E-state index is -3.91. The zero-order chi connectivity index (χ0) is 30.3. The van der Waals surface area contributed by atoms with E-state index in [1.165, 1.54) is 72.1 Å². The van der Waals surface area contributed by atoms with E-state index >= 15 is 0 Å². The van der Waals surface area contributed by atoms with Crippen molar-refractivity contribution in [2.24, 2.45) is 0 Å². The van der Waals surface area contributed by atoms with Gasteiger partial charge in [0.1, 0.15) is 4.32 Å². The predicted molar refractivity (Wildman–Crippen MR) is 169 cm³/mol. The van der Waals surface area contributed by atoms with E-state index in [-0.39, 0.29) is 35.4 Å². The van der Waals surface area contributed by atoms with E-state index in [1.54, 1.807) is 0 Å². The van der Waals surface area contributed by atoms with Crippen LogP contribution in [0, 0.1) is 0 Å². The summed E-state index contributed by atoms with van der Waals surface area (Å²) in [6.45, 7) is 5.84. The number of carbonyl (C=O) groups is 3. The van der Waals surface area contributed by atoms with Crippen molar-refractivity contribution >= 4 is 84.9 Å². The maximum atomic E-state index is 12.8. The Balaban J connectivity index is 1.83. The van der Waals surface area contributed by atoms with Gasteiger partial charge < -0.3 is 20.6 Å². The van der Waals surface area contributed by atoms with Crippen LogP contribution in [-0.2, 0) is 24.4 Å². The average molecular weight is 643 g/mol. The number of sulfonamides is 1. The zero-order valence-electron chi connectivity index (χ0n) is 22.6. The molecule has 16 heteroatoms. The van der Waals surface area contributed by atoms with E-state index in [9.17, 15) is 22.8 Å². The number of anilines is 3. The van der Waals surface area contributed by atoms with Crippen LogP contribution in [0.15, 0.2) is 53.4 Å². The van der Waals surface area contributed by atoms with Gasteiger partial charge in [0.15, 0.2) is 0 Å². The Bertz CT molecular complexity index is 1270. The summed E-state index contributed by atoms with van der Waals surface area (Å²) in [6.07, 6.45) is 0. The lowest BCUT2D eigenvalue weighted by molar-refractivity contribution is -0.138. The Hall–Kier alpha value is -3.05. The normalized spacial score (nSPS) is 10.8. The molecule has 2 aromatic rings. The maximum Gasteiger partial charge on any atom is 0.327 e. The number of nitrogens with one attached hydrogen (secondary N) is 5. The van der Waals surface area contributed by atoms with Crippen LogP contribution in [-0.4, -0.2) is 84.0 Å². The predicted octanol–water partition coefficient (Wildman–Crippen LogP) is 2.07. The number of benzene rings is 2. The van der Waals surface area contributed by atoms with Crippen molar-refractivity contribution in [2.45, 2.75) is 18.7 Å². The van der Waals surface area contributed by atoms with Crippen LogP contribution in [0.4, 0.5) is 17.1 Å². The SMILES string of the molecule is CCN(CC)C(=S)SCC(=O)Nc1ccc(S(=O)(=O)Nc2ccc(NNC(=O)C(=O)NCCSCCO)cc2)cc1. The number of hydrazine groups is 1. The summed E-state index contributed by atoms with van der Waals surface area (Å²) < 4.78 is 28.7. The number of hydrogen-bond acceptors (Lipinski definition) is 10. The molecular formula is C25H34N6O6S4. The first-order valence-corrected chi connectivity index (χ1v) is 16.6. The fourth-order valence-electron chi connectivity index (χ4n) is 3.12. The molecule has 224 valence electrons. The Labute approximate surface area is 253 Å². The van der Waals surface area contributed by atoms with Crippen molar-refractivity contribution in [3.63, 3.8) is 0 Å². The van der Waals surface area contributed by atoms with Crippen LogP contribution in [0.3, 0.4) is 0 Å².